The van der Waals surface area contributed by atoms with Gasteiger partial charge in [-0.05, 0) is 18.0 Å². The molecule has 2 aromatic heterocycles. The molecule has 0 amide bonds. The molecule has 0 radical (unpaired) electrons. The first-order chi connectivity index (χ1) is 8.24. The molecule has 17 heavy (non-hydrogen) atoms. The summed E-state index contributed by atoms with van der Waals surface area (Å²) in [6.45, 7) is 1.98. The number of aliphatic hydroxyl groups excluding tert-OH is 1. The molecule has 0 spiro atoms. The zero-order chi connectivity index (χ0) is 12.3. The van der Waals surface area contributed by atoms with E-state index < -0.39 is 0 Å². The van der Waals surface area contributed by atoms with Crippen LogP contribution in [0.1, 0.15) is 13.3 Å². The second kappa shape index (κ2) is 5.20. The maximum absolute atomic E-state index is 9.15. The molecule has 0 saturated heterocycles. The van der Waals surface area contributed by atoms with Crippen LogP contribution in [0.15, 0.2) is 12.4 Å². The molecule has 2 rings (SSSR count). The van der Waals surface area contributed by atoms with Crippen LogP contribution in [0, 0.1) is 0 Å². The Morgan fingerprint density at radius 3 is 2.82 bits per heavy atom. The maximum atomic E-state index is 9.15. The lowest BCUT2D eigenvalue weighted by atomic mass is 10.2. The van der Waals surface area contributed by atoms with Crippen molar-refractivity contribution in [2.75, 3.05) is 11.9 Å². The van der Waals surface area contributed by atoms with E-state index in [-0.39, 0.29) is 17.9 Å². The molecule has 0 aromatic carbocycles. The molecule has 1 atom stereocenters. The van der Waals surface area contributed by atoms with Crippen molar-refractivity contribution >= 4 is 28.6 Å². The number of rotatable bonds is 4. The smallest absolute Gasteiger partial charge is 0.226 e. The fourth-order valence-corrected chi connectivity index (χ4v) is 1.57. The van der Waals surface area contributed by atoms with Crippen LogP contribution in [-0.4, -0.2) is 37.7 Å². The van der Waals surface area contributed by atoms with E-state index >= 15 is 0 Å². The minimum absolute atomic E-state index is 0.0138. The number of fused-ring (bicyclic) bond motifs is 1. The lowest BCUT2D eigenvalue weighted by molar-refractivity contribution is 0.271. The molecule has 0 aliphatic heterocycles. The topological polar surface area (TPSA) is 83.8 Å². The Morgan fingerprint density at radius 2 is 2.12 bits per heavy atom. The second-order valence-corrected chi connectivity index (χ2v) is 3.84. The van der Waals surface area contributed by atoms with Crippen LogP contribution in [0.4, 0.5) is 5.82 Å². The molecule has 2 aromatic rings. The summed E-state index contributed by atoms with van der Waals surface area (Å²) in [6.07, 6.45) is 3.86. The van der Waals surface area contributed by atoms with Gasteiger partial charge in [0, 0.05) is 12.4 Å². The molecular weight excluding hydrogens is 242 g/mol. The predicted molar refractivity (Wildman–Crippen MR) is 64.9 cm³/mol. The summed E-state index contributed by atoms with van der Waals surface area (Å²) in [6, 6.07) is -0.0915. The number of nitrogens with zero attached hydrogens (tertiary/aromatic N) is 4. The molecule has 0 aliphatic carbocycles. The van der Waals surface area contributed by atoms with Crippen LogP contribution in [0.25, 0.3) is 11.2 Å². The quantitative estimate of drug-likeness (QED) is 0.798. The number of aromatic nitrogens is 4. The minimum atomic E-state index is -0.0915. The van der Waals surface area contributed by atoms with Crippen molar-refractivity contribution in [2.45, 2.75) is 19.4 Å². The second-order valence-electron chi connectivity index (χ2n) is 3.50. The lowest BCUT2D eigenvalue weighted by Gasteiger charge is -2.15. The van der Waals surface area contributed by atoms with Gasteiger partial charge in [-0.25, -0.2) is 9.97 Å². The van der Waals surface area contributed by atoms with Gasteiger partial charge in [0.15, 0.2) is 17.0 Å². The average Bonchev–Trinajstić information content (AvgIpc) is 2.35. The number of halogens is 1. The molecule has 0 bridgehead atoms. The van der Waals surface area contributed by atoms with Crippen molar-refractivity contribution in [1.82, 2.24) is 19.9 Å². The van der Waals surface area contributed by atoms with E-state index in [0.29, 0.717) is 17.0 Å². The summed E-state index contributed by atoms with van der Waals surface area (Å²) >= 11 is 5.80. The van der Waals surface area contributed by atoms with E-state index in [1.807, 2.05) is 6.92 Å². The summed E-state index contributed by atoms with van der Waals surface area (Å²) < 4.78 is 0. The van der Waals surface area contributed by atoms with Crippen molar-refractivity contribution in [1.29, 1.82) is 0 Å². The zero-order valence-corrected chi connectivity index (χ0v) is 10.0. The SMILES string of the molecule is CCC(CO)Nc1nc(Cl)nc2nccnc12. The Kier molecular flexibility index (Phi) is 3.65. The van der Waals surface area contributed by atoms with Crippen LogP contribution in [0.3, 0.4) is 0 Å². The van der Waals surface area contributed by atoms with E-state index in [9.17, 15) is 0 Å². The maximum Gasteiger partial charge on any atom is 0.226 e. The molecule has 1 unspecified atom stereocenters. The molecule has 90 valence electrons. The highest BCUT2D eigenvalue weighted by atomic mass is 35.5. The first-order valence-electron chi connectivity index (χ1n) is 5.26. The summed E-state index contributed by atoms with van der Waals surface area (Å²) in [5, 5.41) is 12.3. The largest absolute Gasteiger partial charge is 0.394 e. The summed E-state index contributed by atoms with van der Waals surface area (Å²) in [4.78, 5) is 16.3. The third kappa shape index (κ3) is 2.59. The van der Waals surface area contributed by atoms with Crippen molar-refractivity contribution in [3.63, 3.8) is 0 Å². The summed E-state index contributed by atoms with van der Waals surface area (Å²) in [5.41, 5.74) is 0.978. The average molecular weight is 254 g/mol. The number of hydrogen-bond donors (Lipinski definition) is 2. The van der Waals surface area contributed by atoms with Gasteiger partial charge >= 0.3 is 0 Å². The van der Waals surface area contributed by atoms with Crippen LogP contribution >= 0.6 is 11.6 Å². The van der Waals surface area contributed by atoms with E-state index in [2.05, 4.69) is 25.3 Å². The van der Waals surface area contributed by atoms with Gasteiger partial charge in [0.1, 0.15) is 0 Å². The highest BCUT2D eigenvalue weighted by molar-refractivity contribution is 6.28. The molecule has 7 heteroatoms. The van der Waals surface area contributed by atoms with Crippen LogP contribution in [0.2, 0.25) is 5.28 Å². The van der Waals surface area contributed by atoms with Crippen molar-refractivity contribution in [3.8, 4) is 0 Å². The fraction of sp³-hybridized carbons (Fsp3) is 0.400. The van der Waals surface area contributed by atoms with Crippen molar-refractivity contribution in [3.05, 3.63) is 17.7 Å². The van der Waals surface area contributed by atoms with E-state index in [1.165, 1.54) is 0 Å². The molecule has 0 fully saturated rings. The molecule has 6 nitrogen and oxygen atoms in total. The molecule has 0 saturated carbocycles. The number of aliphatic hydroxyl groups is 1. The summed E-state index contributed by atoms with van der Waals surface area (Å²) in [5.74, 6) is 0.494. The van der Waals surface area contributed by atoms with Crippen LogP contribution < -0.4 is 5.32 Å². The highest BCUT2D eigenvalue weighted by Gasteiger charge is 2.12. The Morgan fingerprint density at radius 1 is 1.35 bits per heavy atom. The number of anilines is 1. The Hall–Kier alpha value is -1.53. The van der Waals surface area contributed by atoms with Gasteiger partial charge in [-0.3, -0.25) is 0 Å². The van der Waals surface area contributed by atoms with E-state index in [1.54, 1.807) is 12.4 Å². The number of nitrogens with one attached hydrogen (secondary N) is 1. The molecular formula is C10H12ClN5O. The predicted octanol–water partition coefficient (Wildman–Crippen LogP) is 1.26. The third-order valence-electron chi connectivity index (χ3n) is 2.36. The first-order valence-corrected chi connectivity index (χ1v) is 5.64. The highest BCUT2D eigenvalue weighted by Crippen LogP contribution is 2.19. The first kappa shape index (κ1) is 11.9. The standard InChI is InChI=1S/C10H12ClN5O/c1-2-6(5-17)14-9-7-8(13-4-3-12-7)15-10(11)16-9/h3-4,6,17H,2,5H2,1H3,(H,13,14,15,16). The van der Waals surface area contributed by atoms with Gasteiger partial charge in [-0.2, -0.15) is 9.97 Å². The van der Waals surface area contributed by atoms with Crippen LogP contribution in [-0.2, 0) is 0 Å². The van der Waals surface area contributed by atoms with E-state index in [4.69, 9.17) is 16.7 Å². The zero-order valence-electron chi connectivity index (χ0n) is 9.26. The lowest BCUT2D eigenvalue weighted by Crippen LogP contribution is -2.23. The van der Waals surface area contributed by atoms with Gasteiger partial charge in [0.2, 0.25) is 5.28 Å². The normalized spacial score (nSPS) is 12.6. The molecule has 2 N–H and O–H groups in total. The van der Waals surface area contributed by atoms with Crippen molar-refractivity contribution < 1.29 is 5.11 Å². The molecule has 0 aliphatic rings. The monoisotopic (exact) mass is 253 g/mol. The Bertz CT molecular complexity index is 517. The minimum Gasteiger partial charge on any atom is -0.394 e. The van der Waals surface area contributed by atoms with Crippen molar-refractivity contribution in [2.24, 2.45) is 0 Å². The Labute approximate surface area is 103 Å². The van der Waals surface area contributed by atoms with Gasteiger partial charge < -0.3 is 10.4 Å². The van der Waals surface area contributed by atoms with Gasteiger partial charge in [-0.1, -0.05) is 6.92 Å². The molecule has 2 heterocycles. The van der Waals surface area contributed by atoms with Gasteiger partial charge in [-0.15, -0.1) is 0 Å². The van der Waals surface area contributed by atoms with Gasteiger partial charge in [0.25, 0.3) is 0 Å². The summed E-state index contributed by atoms with van der Waals surface area (Å²) in [7, 11) is 0. The Balaban J connectivity index is 2.44. The van der Waals surface area contributed by atoms with Gasteiger partial charge in [0.05, 0.1) is 12.6 Å². The third-order valence-corrected chi connectivity index (χ3v) is 2.53. The fourth-order valence-electron chi connectivity index (χ4n) is 1.41. The van der Waals surface area contributed by atoms with E-state index in [0.717, 1.165) is 6.42 Å². The number of hydrogen-bond acceptors (Lipinski definition) is 6. The van der Waals surface area contributed by atoms with Crippen LogP contribution in [0.5, 0.6) is 0 Å².